The molecule has 1 aliphatic rings. The van der Waals surface area contributed by atoms with Crippen LogP contribution >= 0.6 is 0 Å². The Labute approximate surface area is 127 Å². The van der Waals surface area contributed by atoms with Gasteiger partial charge < -0.3 is 10.6 Å². The van der Waals surface area contributed by atoms with E-state index < -0.39 is 0 Å². The summed E-state index contributed by atoms with van der Waals surface area (Å²) in [7, 11) is 0. The quantitative estimate of drug-likeness (QED) is 0.918. The van der Waals surface area contributed by atoms with Crippen molar-refractivity contribution < 1.29 is 4.79 Å². The fraction of sp³-hybridized carbons (Fsp3) is 0.625. The summed E-state index contributed by atoms with van der Waals surface area (Å²) < 4.78 is 0. The summed E-state index contributed by atoms with van der Waals surface area (Å²) in [5, 5.41) is 0. The lowest BCUT2D eigenvalue weighted by Crippen LogP contribution is -2.53. The summed E-state index contributed by atoms with van der Waals surface area (Å²) in [4.78, 5) is 21.3. The number of nitrogens with two attached hydrogens (primary N) is 1. The van der Waals surface area contributed by atoms with Gasteiger partial charge in [-0.2, -0.15) is 0 Å². The Hall–Kier alpha value is -1.62. The Kier molecular flexibility index (Phi) is 5.17. The number of aryl methyl sites for hydroxylation is 1. The number of pyridine rings is 1. The van der Waals surface area contributed by atoms with Gasteiger partial charge in [0.1, 0.15) is 5.82 Å². The van der Waals surface area contributed by atoms with Crippen molar-refractivity contribution in [2.24, 2.45) is 0 Å². The first-order valence-corrected chi connectivity index (χ1v) is 7.84. The largest absolute Gasteiger partial charge is 0.384 e. The fourth-order valence-electron chi connectivity index (χ4n) is 2.95. The second-order valence-electron chi connectivity index (χ2n) is 5.75. The Morgan fingerprint density at radius 3 is 2.76 bits per heavy atom. The molecule has 0 spiro atoms. The second kappa shape index (κ2) is 6.89. The Morgan fingerprint density at radius 1 is 1.38 bits per heavy atom. The monoisotopic (exact) mass is 290 g/mol. The molecule has 1 aromatic heterocycles. The van der Waals surface area contributed by atoms with Crippen LogP contribution in [-0.2, 0) is 6.42 Å². The van der Waals surface area contributed by atoms with Gasteiger partial charge in [-0.25, -0.2) is 4.98 Å². The molecule has 0 saturated carbocycles. The zero-order valence-corrected chi connectivity index (χ0v) is 13.3. The lowest BCUT2D eigenvalue weighted by atomic mass is 10.1. The molecule has 1 unspecified atom stereocenters. The van der Waals surface area contributed by atoms with E-state index in [0.717, 1.165) is 44.7 Å². The van der Waals surface area contributed by atoms with Crippen molar-refractivity contribution in [1.82, 2.24) is 14.8 Å². The molecule has 1 atom stereocenters. The average Bonchev–Trinajstić information content (AvgIpc) is 2.46. The van der Waals surface area contributed by atoms with Gasteiger partial charge in [0, 0.05) is 36.9 Å². The number of piperazine rings is 1. The number of nitrogen functional groups attached to an aromatic ring is 1. The van der Waals surface area contributed by atoms with Crippen molar-refractivity contribution in [2.45, 2.75) is 39.7 Å². The molecule has 0 aliphatic carbocycles. The molecule has 116 valence electrons. The Bertz CT molecular complexity index is 503. The molecule has 1 aromatic rings. The molecule has 0 bridgehead atoms. The number of carbonyl (C=O) groups excluding carboxylic acids is 1. The predicted octanol–water partition coefficient (Wildman–Crippen LogP) is 1.78. The molecule has 5 nitrogen and oxygen atoms in total. The lowest BCUT2D eigenvalue weighted by Gasteiger charge is -2.39. The van der Waals surface area contributed by atoms with E-state index in [4.69, 9.17) is 5.73 Å². The van der Waals surface area contributed by atoms with E-state index in [-0.39, 0.29) is 5.91 Å². The van der Waals surface area contributed by atoms with E-state index in [1.54, 1.807) is 6.07 Å². The summed E-state index contributed by atoms with van der Waals surface area (Å²) in [5.41, 5.74) is 7.41. The molecule has 2 heterocycles. The van der Waals surface area contributed by atoms with Gasteiger partial charge in [0.2, 0.25) is 0 Å². The molecule has 1 aliphatic heterocycles. The third-order valence-electron chi connectivity index (χ3n) is 4.11. The molecule has 21 heavy (non-hydrogen) atoms. The van der Waals surface area contributed by atoms with Crippen molar-refractivity contribution in [3.05, 3.63) is 23.4 Å². The second-order valence-corrected chi connectivity index (χ2v) is 5.75. The zero-order valence-electron chi connectivity index (χ0n) is 13.3. The maximum atomic E-state index is 12.7. The van der Waals surface area contributed by atoms with Gasteiger partial charge in [-0.3, -0.25) is 9.69 Å². The van der Waals surface area contributed by atoms with Gasteiger partial charge in [-0.15, -0.1) is 0 Å². The fourth-order valence-corrected chi connectivity index (χ4v) is 2.95. The average molecular weight is 290 g/mol. The maximum absolute atomic E-state index is 12.7. The molecule has 1 saturated heterocycles. The number of aromatic nitrogens is 1. The zero-order chi connectivity index (χ0) is 15.4. The molecular formula is C16H26N4O. The van der Waals surface area contributed by atoms with Gasteiger partial charge in [-0.1, -0.05) is 20.3 Å². The molecular weight excluding hydrogens is 264 g/mol. The highest BCUT2D eigenvalue weighted by Gasteiger charge is 2.26. The molecule has 1 amide bonds. The summed E-state index contributed by atoms with van der Waals surface area (Å²) in [6.45, 7) is 9.96. The minimum Gasteiger partial charge on any atom is -0.384 e. The summed E-state index contributed by atoms with van der Waals surface area (Å²) >= 11 is 0. The molecule has 2 N–H and O–H groups in total. The maximum Gasteiger partial charge on any atom is 0.254 e. The third-order valence-corrected chi connectivity index (χ3v) is 4.11. The number of anilines is 1. The highest BCUT2D eigenvalue weighted by Crippen LogP contribution is 2.16. The summed E-state index contributed by atoms with van der Waals surface area (Å²) in [6, 6.07) is 3.99. The van der Waals surface area contributed by atoms with Crippen LogP contribution in [-0.4, -0.2) is 52.9 Å². The van der Waals surface area contributed by atoms with Crippen LogP contribution in [0.2, 0.25) is 0 Å². The van der Waals surface area contributed by atoms with Crippen LogP contribution in [0.25, 0.3) is 0 Å². The Morgan fingerprint density at radius 2 is 2.14 bits per heavy atom. The van der Waals surface area contributed by atoms with Crippen molar-refractivity contribution in [1.29, 1.82) is 0 Å². The predicted molar refractivity (Wildman–Crippen MR) is 85.3 cm³/mol. The number of hydrogen-bond donors (Lipinski definition) is 1. The number of nitrogens with zero attached hydrogens (tertiary/aromatic N) is 3. The standard InChI is InChI=1S/C16H26N4O/c1-4-6-14-9-13(10-15(17)18-14)16(21)20-8-7-19(5-2)12(3)11-20/h9-10,12H,4-8,11H2,1-3H3,(H2,17,18). The topological polar surface area (TPSA) is 62.5 Å². The lowest BCUT2D eigenvalue weighted by molar-refractivity contribution is 0.0528. The molecule has 0 aromatic carbocycles. The third kappa shape index (κ3) is 3.73. The van der Waals surface area contributed by atoms with Crippen molar-refractivity contribution in [3.8, 4) is 0 Å². The minimum absolute atomic E-state index is 0.0732. The van der Waals surface area contributed by atoms with Crippen LogP contribution in [0, 0.1) is 0 Å². The van der Waals surface area contributed by atoms with Crippen LogP contribution in [0.15, 0.2) is 12.1 Å². The van der Waals surface area contributed by atoms with E-state index in [1.807, 2.05) is 11.0 Å². The SMILES string of the molecule is CCCc1cc(C(=O)N2CCN(CC)C(C)C2)cc(N)n1. The van der Waals surface area contributed by atoms with E-state index in [1.165, 1.54) is 0 Å². The van der Waals surface area contributed by atoms with Crippen molar-refractivity contribution >= 4 is 11.7 Å². The summed E-state index contributed by atoms with van der Waals surface area (Å²) in [6.07, 6.45) is 1.85. The summed E-state index contributed by atoms with van der Waals surface area (Å²) in [5.74, 6) is 0.508. The van der Waals surface area contributed by atoms with Crippen LogP contribution in [0.4, 0.5) is 5.82 Å². The van der Waals surface area contributed by atoms with Gasteiger partial charge in [0.05, 0.1) is 0 Å². The van der Waals surface area contributed by atoms with E-state index >= 15 is 0 Å². The highest BCUT2D eigenvalue weighted by molar-refractivity contribution is 5.95. The number of rotatable bonds is 4. The van der Waals surface area contributed by atoms with E-state index in [2.05, 4.69) is 30.7 Å². The number of amides is 1. The molecule has 2 rings (SSSR count). The first kappa shape index (κ1) is 15.8. The van der Waals surface area contributed by atoms with Gasteiger partial charge in [-0.05, 0) is 32.0 Å². The molecule has 0 radical (unpaired) electrons. The molecule has 5 heteroatoms. The Balaban J connectivity index is 2.13. The van der Waals surface area contributed by atoms with E-state index in [9.17, 15) is 4.79 Å². The minimum atomic E-state index is 0.0732. The number of likely N-dealkylation sites (N-methyl/N-ethyl adjacent to an activating group) is 1. The van der Waals surface area contributed by atoms with Crippen LogP contribution in [0.1, 0.15) is 43.2 Å². The van der Waals surface area contributed by atoms with Gasteiger partial charge in [0.25, 0.3) is 5.91 Å². The first-order valence-electron chi connectivity index (χ1n) is 7.84. The van der Waals surface area contributed by atoms with Gasteiger partial charge in [0.15, 0.2) is 0 Å². The van der Waals surface area contributed by atoms with Gasteiger partial charge >= 0.3 is 0 Å². The smallest absolute Gasteiger partial charge is 0.254 e. The molecule has 1 fully saturated rings. The number of hydrogen-bond acceptors (Lipinski definition) is 4. The first-order chi connectivity index (χ1) is 10.0. The number of carbonyl (C=O) groups is 1. The highest BCUT2D eigenvalue weighted by atomic mass is 16.2. The van der Waals surface area contributed by atoms with Crippen molar-refractivity contribution in [2.75, 3.05) is 31.9 Å². The normalized spacial score (nSPS) is 19.8. The van der Waals surface area contributed by atoms with Crippen LogP contribution in [0.3, 0.4) is 0 Å². The van der Waals surface area contributed by atoms with Crippen molar-refractivity contribution in [3.63, 3.8) is 0 Å². The van der Waals surface area contributed by atoms with Crippen LogP contribution < -0.4 is 5.73 Å². The van der Waals surface area contributed by atoms with E-state index in [0.29, 0.717) is 17.4 Å². The van der Waals surface area contributed by atoms with Crippen LogP contribution in [0.5, 0.6) is 0 Å².